The highest BCUT2D eigenvalue weighted by Crippen LogP contribution is 2.32. The highest BCUT2D eigenvalue weighted by Gasteiger charge is 2.14. The third-order valence-electron chi connectivity index (χ3n) is 4.26. The Kier molecular flexibility index (Phi) is 6.34. The van der Waals surface area contributed by atoms with E-state index in [9.17, 15) is 13.2 Å². The number of amides is 1. The number of carbonyl (C=O) groups excluding carboxylic acids is 1. The monoisotopic (exact) mass is 389 g/mol. The number of fused-ring (bicyclic) bond motifs is 1. The van der Waals surface area contributed by atoms with Gasteiger partial charge in [-0.05, 0) is 36.1 Å². The fraction of sp³-hybridized carbons (Fsp3) is 0.350. The predicted molar refractivity (Wildman–Crippen MR) is 102 cm³/mol. The maximum absolute atomic E-state index is 12.1. The lowest BCUT2D eigenvalue weighted by molar-refractivity contribution is -0.121. The topological polar surface area (TPSA) is 81.7 Å². The largest absolute Gasteiger partial charge is 0.454 e. The number of carbonyl (C=O) groups is 1. The molecule has 0 spiro atoms. The van der Waals surface area contributed by atoms with Crippen molar-refractivity contribution in [3.63, 3.8) is 0 Å². The van der Waals surface area contributed by atoms with Crippen LogP contribution >= 0.6 is 0 Å². The molecule has 0 atom stereocenters. The molecule has 1 N–H and O–H groups in total. The molecule has 1 aliphatic rings. The van der Waals surface area contributed by atoms with Gasteiger partial charge in [-0.2, -0.15) is 0 Å². The molecule has 0 saturated carbocycles. The number of aryl methyl sites for hydroxylation is 1. The van der Waals surface area contributed by atoms with E-state index in [2.05, 4.69) is 5.32 Å². The van der Waals surface area contributed by atoms with Crippen molar-refractivity contribution < 1.29 is 22.7 Å². The number of sulfone groups is 1. The van der Waals surface area contributed by atoms with Gasteiger partial charge in [-0.15, -0.1) is 0 Å². The van der Waals surface area contributed by atoms with Crippen molar-refractivity contribution in [1.29, 1.82) is 0 Å². The minimum absolute atomic E-state index is 0.0336. The molecule has 0 unspecified atom stereocenters. The molecule has 1 heterocycles. The van der Waals surface area contributed by atoms with E-state index in [0.29, 0.717) is 31.6 Å². The summed E-state index contributed by atoms with van der Waals surface area (Å²) in [6.45, 7) is 0.584. The van der Waals surface area contributed by atoms with Crippen LogP contribution in [0.3, 0.4) is 0 Å². The Morgan fingerprint density at radius 1 is 1.00 bits per heavy atom. The van der Waals surface area contributed by atoms with Crippen LogP contribution in [0.1, 0.15) is 24.0 Å². The lowest BCUT2D eigenvalue weighted by Gasteiger charge is -2.07. The van der Waals surface area contributed by atoms with Crippen molar-refractivity contribution >= 4 is 15.7 Å². The minimum atomic E-state index is -3.17. The number of nitrogens with one attached hydrogen (secondary N) is 1. The van der Waals surface area contributed by atoms with Gasteiger partial charge in [-0.3, -0.25) is 4.79 Å². The van der Waals surface area contributed by atoms with Gasteiger partial charge < -0.3 is 14.8 Å². The first-order chi connectivity index (χ1) is 13.0. The SMILES string of the molecule is O=C(CCc1ccc2c(c1)OCO2)NCCCS(=O)(=O)Cc1ccccc1. The van der Waals surface area contributed by atoms with E-state index >= 15 is 0 Å². The Balaban J connectivity index is 1.34. The second-order valence-electron chi connectivity index (χ2n) is 6.47. The van der Waals surface area contributed by atoms with Crippen LogP contribution in [0.2, 0.25) is 0 Å². The quantitative estimate of drug-likeness (QED) is 0.667. The summed E-state index contributed by atoms with van der Waals surface area (Å²) in [5.41, 5.74) is 1.78. The molecule has 6 nitrogen and oxygen atoms in total. The van der Waals surface area contributed by atoms with E-state index in [4.69, 9.17) is 9.47 Å². The molecule has 3 rings (SSSR count). The maximum atomic E-state index is 12.1. The molecule has 2 aromatic rings. The smallest absolute Gasteiger partial charge is 0.231 e. The standard InChI is InChI=1S/C20H23NO5S/c22-20(10-8-16-7-9-18-19(13-16)26-15-25-18)21-11-4-12-27(23,24)14-17-5-2-1-3-6-17/h1-3,5-7,9,13H,4,8,10-12,14-15H2,(H,21,22). The van der Waals surface area contributed by atoms with Crippen LogP contribution in [0.5, 0.6) is 11.5 Å². The summed E-state index contributed by atoms with van der Waals surface area (Å²) in [6.07, 6.45) is 1.34. The molecule has 144 valence electrons. The van der Waals surface area contributed by atoms with Gasteiger partial charge in [0.2, 0.25) is 12.7 Å². The van der Waals surface area contributed by atoms with Gasteiger partial charge in [0.15, 0.2) is 21.3 Å². The van der Waals surface area contributed by atoms with Crippen molar-refractivity contribution in [1.82, 2.24) is 5.32 Å². The fourth-order valence-electron chi connectivity index (χ4n) is 2.86. The molecular weight excluding hydrogens is 366 g/mol. The Labute approximate surface area is 159 Å². The second-order valence-corrected chi connectivity index (χ2v) is 8.65. The Morgan fingerprint density at radius 3 is 2.59 bits per heavy atom. The van der Waals surface area contributed by atoms with Crippen molar-refractivity contribution in [2.75, 3.05) is 19.1 Å². The summed E-state index contributed by atoms with van der Waals surface area (Å²) in [6, 6.07) is 14.7. The predicted octanol–water partition coefficient (Wildman–Crippen LogP) is 2.47. The van der Waals surface area contributed by atoms with E-state index in [1.165, 1.54) is 0 Å². The average Bonchev–Trinajstić information content (AvgIpc) is 3.12. The normalized spacial score (nSPS) is 12.7. The third-order valence-corrected chi connectivity index (χ3v) is 5.95. The van der Waals surface area contributed by atoms with E-state index in [-0.39, 0.29) is 24.2 Å². The van der Waals surface area contributed by atoms with Crippen molar-refractivity contribution in [3.05, 3.63) is 59.7 Å². The summed E-state index contributed by atoms with van der Waals surface area (Å²) >= 11 is 0. The molecule has 0 aromatic heterocycles. The highest BCUT2D eigenvalue weighted by atomic mass is 32.2. The summed E-state index contributed by atoms with van der Waals surface area (Å²) in [7, 11) is -3.17. The van der Waals surface area contributed by atoms with Gasteiger partial charge in [0.1, 0.15) is 0 Å². The molecular formula is C20H23NO5S. The summed E-state index contributed by atoms with van der Waals surface area (Å²) in [4.78, 5) is 11.9. The Hall–Kier alpha value is -2.54. The van der Waals surface area contributed by atoms with Crippen LogP contribution in [0.15, 0.2) is 48.5 Å². The third kappa shape index (κ3) is 5.99. The van der Waals surface area contributed by atoms with Gasteiger partial charge >= 0.3 is 0 Å². The summed E-state index contributed by atoms with van der Waals surface area (Å²) in [5, 5.41) is 2.78. The molecule has 0 radical (unpaired) electrons. The molecule has 7 heteroatoms. The minimum Gasteiger partial charge on any atom is -0.454 e. The van der Waals surface area contributed by atoms with Crippen molar-refractivity contribution in [2.24, 2.45) is 0 Å². The molecule has 1 aliphatic heterocycles. The van der Waals surface area contributed by atoms with Gasteiger partial charge in [0, 0.05) is 13.0 Å². The second kappa shape index (κ2) is 8.90. The van der Waals surface area contributed by atoms with Crippen LogP contribution in [-0.4, -0.2) is 33.4 Å². The van der Waals surface area contributed by atoms with Gasteiger partial charge in [0.05, 0.1) is 11.5 Å². The number of benzene rings is 2. The molecule has 1 amide bonds. The van der Waals surface area contributed by atoms with Gasteiger partial charge in [0.25, 0.3) is 0 Å². The fourth-order valence-corrected chi connectivity index (χ4v) is 4.29. The highest BCUT2D eigenvalue weighted by molar-refractivity contribution is 7.90. The zero-order chi connectivity index (χ0) is 19.1. The average molecular weight is 389 g/mol. The maximum Gasteiger partial charge on any atom is 0.231 e. The van der Waals surface area contributed by atoms with E-state index < -0.39 is 9.84 Å². The summed E-state index contributed by atoms with van der Waals surface area (Å²) in [5.74, 6) is 1.43. The van der Waals surface area contributed by atoms with Crippen molar-refractivity contribution in [2.45, 2.75) is 25.0 Å². The molecule has 0 bridgehead atoms. The Morgan fingerprint density at radius 2 is 1.78 bits per heavy atom. The lowest BCUT2D eigenvalue weighted by atomic mass is 10.1. The summed E-state index contributed by atoms with van der Waals surface area (Å²) < 4.78 is 34.8. The van der Waals surface area contributed by atoms with E-state index in [1.54, 1.807) is 12.1 Å². The Bertz CT molecular complexity index is 881. The number of ether oxygens (including phenoxy) is 2. The van der Waals surface area contributed by atoms with Crippen LogP contribution in [0, 0.1) is 0 Å². The molecule has 2 aromatic carbocycles. The van der Waals surface area contributed by atoms with E-state index in [1.807, 2.05) is 36.4 Å². The van der Waals surface area contributed by atoms with Gasteiger partial charge in [-0.1, -0.05) is 36.4 Å². The van der Waals surface area contributed by atoms with E-state index in [0.717, 1.165) is 16.9 Å². The van der Waals surface area contributed by atoms with Gasteiger partial charge in [-0.25, -0.2) is 8.42 Å². The number of hydrogen-bond acceptors (Lipinski definition) is 5. The van der Waals surface area contributed by atoms with Crippen LogP contribution < -0.4 is 14.8 Å². The molecule has 0 fully saturated rings. The number of rotatable bonds is 9. The first-order valence-corrected chi connectivity index (χ1v) is 10.7. The molecule has 0 saturated heterocycles. The zero-order valence-corrected chi connectivity index (χ0v) is 15.8. The van der Waals surface area contributed by atoms with Crippen LogP contribution in [-0.2, 0) is 26.8 Å². The molecule has 27 heavy (non-hydrogen) atoms. The lowest BCUT2D eigenvalue weighted by Crippen LogP contribution is -2.26. The first kappa shape index (κ1) is 19.2. The first-order valence-electron chi connectivity index (χ1n) is 8.91. The molecule has 0 aliphatic carbocycles. The number of hydrogen-bond donors (Lipinski definition) is 1. The van der Waals surface area contributed by atoms with Crippen molar-refractivity contribution in [3.8, 4) is 11.5 Å². The zero-order valence-electron chi connectivity index (χ0n) is 15.0. The van der Waals surface area contributed by atoms with Crippen LogP contribution in [0.25, 0.3) is 0 Å². The van der Waals surface area contributed by atoms with Crippen LogP contribution in [0.4, 0.5) is 0 Å².